The van der Waals surface area contributed by atoms with Gasteiger partial charge in [0.05, 0.1) is 5.69 Å². The minimum atomic E-state index is -0.815. The van der Waals surface area contributed by atoms with Gasteiger partial charge in [0.25, 0.3) is 0 Å². The Morgan fingerprint density at radius 2 is 2.04 bits per heavy atom. The maximum absolute atomic E-state index is 12.3. The van der Waals surface area contributed by atoms with Crippen LogP contribution in [0.5, 0.6) is 0 Å². The summed E-state index contributed by atoms with van der Waals surface area (Å²) in [4.78, 5) is 31.3. The number of aromatic amines is 1. The molecule has 0 unspecified atom stereocenters. The second-order valence-corrected chi connectivity index (χ2v) is 6.44. The van der Waals surface area contributed by atoms with E-state index in [-0.39, 0.29) is 30.6 Å². The smallest absolute Gasteiger partial charge is 0.354 e. The van der Waals surface area contributed by atoms with Gasteiger partial charge in [0.15, 0.2) is 5.96 Å². The Balaban J connectivity index is 1.67. The Bertz CT molecular complexity index is 1070. The molecular weight excluding hydrogens is 360 g/mol. The van der Waals surface area contributed by atoms with E-state index in [1.807, 2.05) is 25.1 Å². The zero-order chi connectivity index (χ0) is 20.3. The zero-order valence-corrected chi connectivity index (χ0v) is 15.3. The van der Waals surface area contributed by atoms with Gasteiger partial charge in [-0.25, -0.2) is 4.79 Å². The minimum Gasteiger partial charge on any atom is -0.370 e. The molecule has 2 heterocycles. The van der Waals surface area contributed by atoms with Gasteiger partial charge in [0.1, 0.15) is 11.7 Å². The highest BCUT2D eigenvalue weighted by Crippen LogP contribution is 2.13. The van der Waals surface area contributed by atoms with Gasteiger partial charge in [-0.05, 0) is 30.7 Å². The first kappa shape index (κ1) is 19.1. The minimum absolute atomic E-state index is 0.0805. The molecule has 0 bridgehead atoms. The maximum atomic E-state index is 12.3. The summed E-state index contributed by atoms with van der Waals surface area (Å²) < 4.78 is 1.47. The van der Waals surface area contributed by atoms with Crippen molar-refractivity contribution in [1.29, 1.82) is 5.41 Å². The van der Waals surface area contributed by atoms with Gasteiger partial charge in [-0.15, -0.1) is 0 Å². The quantitative estimate of drug-likeness (QED) is 0.247. The number of nitrogens with one attached hydrogen (secondary N) is 4. The molecule has 0 fully saturated rings. The van der Waals surface area contributed by atoms with Crippen LogP contribution < -0.4 is 27.8 Å². The number of carbonyl (C=O) groups is 1. The number of nitrogens with zero attached hydrogens (tertiary/aromatic N) is 2. The van der Waals surface area contributed by atoms with Crippen molar-refractivity contribution >= 4 is 22.9 Å². The fourth-order valence-corrected chi connectivity index (χ4v) is 2.72. The van der Waals surface area contributed by atoms with Gasteiger partial charge in [0, 0.05) is 30.4 Å². The highest BCUT2D eigenvalue weighted by atomic mass is 16.2. The van der Waals surface area contributed by atoms with Gasteiger partial charge in [0.2, 0.25) is 5.91 Å². The maximum Gasteiger partial charge on any atom is 0.354 e. The summed E-state index contributed by atoms with van der Waals surface area (Å²) in [5.41, 5.74) is 13.5. The average molecular weight is 382 g/mol. The van der Waals surface area contributed by atoms with E-state index >= 15 is 0 Å². The van der Waals surface area contributed by atoms with Gasteiger partial charge in [-0.2, -0.15) is 4.98 Å². The van der Waals surface area contributed by atoms with Gasteiger partial charge in [-0.1, -0.05) is 12.1 Å². The summed E-state index contributed by atoms with van der Waals surface area (Å²) in [7, 11) is 0. The van der Waals surface area contributed by atoms with Gasteiger partial charge in [-0.3, -0.25) is 14.8 Å². The number of hydrogen-bond donors (Lipinski definition) is 6. The highest BCUT2D eigenvalue weighted by Gasteiger charge is 2.13. The molecule has 0 aliphatic heterocycles. The molecule has 8 N–H and O–H groups in total. The average Bonchev–Trinajstić information content (AvgIpc) is 3.02. The predicted octanol–water partition coefficient (Wildman–Crippen LogP) is -0.551. The van der Waals surface area contributed by atoms with E-state index in [9.17, 15) is 9.59 Å². The number of rotatable bonds is 6. The fourth-order valence-electron chi connectivity index (χ4n) is 2.72. The molecule has 0 aliphatic carbocycles. The number of benzene rings is 1. The summed E-state index contributed by atoms with van der Waals surface area (Å²) in [5.74, 6) is -0.594. The van der Waals surface area contributed by atoms with E-state index in [4.69, 9.17) is 16.9 Å². The van der Waals surface area contributed by atoms with Crippen molar-refractivity contribution in [2.45, 2.75) is 19.5 Å². The Hall–Kier alpha value is -3.66. The first-order chi connectivity index (χ1) is 13.3. The van der Waals surface area contributed by atoms with E-state index < -0.39 is 6.04 Å². The lowest BCUT2D eigenvalue weighted by Gasteiger charge is -2.13. The van der Waals surface area contributed by atoms with Crippen LogP contribution in [0, 0.1) is 12.3 Å². The second kappa shape index (κ2) is 7.92. The number of hydrogen-bond acceptors (Lipinski definition) is 5. The van der Waals surface area contributed by atoms with Crippen molar-refractivity contribution in [3.63, 3.8) is 0 Å². The molecule has 0 radical (unpaired) electrons. The van der Waals surface area contributed by atoms with Crippen molar-refractivity contribution in [2.75, 3.05) is 6.54 Å². The molecule has 3 aromatic rings. The van der Waals surface area contributed by atoms with Crippen LogP contribution in [0.15, 0.2) is 41.3 Å². The molecule has 1 aromatic carbocycles. The largest absolute Gasteiger partial charge is 0.370 e. The molecule has 3 rings (SSSR count). The number of aromatic nitrogens is 3. The Morgan fingerprint density at radius 3 is 2.71 bits per heavy atom. The van der Waals surface area contributed by atoms with E-state index in [1.165, 1.54) is 4.57 Å². The molecule has 28 heavy (non-hydrogen) atoms. The van der Waals surface area contributed by atoms with E-state index in [2.05, 4.69) is 20.6 Å². The molecule has 10 heteroatoms. The first-order valence-electron chi connectivity index (χ1n) is 8.63. The lowest BCUT2D eigenvalue weighted by Crippen LogP contribution is -2.48. The monoisotopic (exact) mass is 382 g/mol. The number of fused-ring (bicyclic) bond motifs is 1. The Morgan fingerprint density at radius 1 is 1.32 bits per heavy atom. The third kappa shape index (κ3) is 4.35. The first-order valence-corrected chi connectivity index (χ1v) is 8.63. The third-order valence-electron chi connectivity index (χ3n) is 4.17. The normalized spacial score (nSPS) is 11.9. The van der Waals surface area contributed by atoms with Crippen molar-refractivity contribution < 1.29 is 4.79 Å². The topological polar surface area (TPSA) is 168 Å². The highest BCUT2D eigenvalue weighted by molar-refractivity contribution is 5.83. The lowest BCUT2D eigenvalue weighted by atomic mass is 10.2. The number of guanidine groups is 1. The standard InChI is InChI=1S/C18H22N8O2/c1-10-6-12-9-26(18(28)25-15(12)24-10)13-4-2-11(3-5-13)7-22-16(27)14(19)8-23-17(20)21/h2-6,9,14H,7-8,19H2,1H3,(H,22,27)(H4,20,21,23)(H,24,25,28)/t14-/m0/s1. The molecule has 0 saturated carbocycles. The van der Waals surface area contributed by atoms with Crippen molar-refractivity contribution in [3.05, 3.63) is 58.3 Å². The number of H-pyrrole nitrogens is 1. The van der Waals surface area contributed by atoms with E-state index in [1.54, 1.807) is 18.3 Å². The van der Waals surface area contributed by atoms with Crippen molar-refractivity contribution in [3.8, 4) is 5.69 Å². The summed E-state index contributed by atoms with van der Waals surface area (Å²) in [6.45, 7) is 2.27. The molecule has 2 aromatic heterocycles. The number of aryl methyl sites for hydroxylation is 1. The van der Waals surface area contributed by atoms with Crippen LogP contribution in [0.25, 0.3) is 16.7 Å². The summed E-state index contributed by atoms with van der Waals surface area (Å²) in [6.07, 6.45) is 1.74. The van der Waals surface area contributed by atoms with Gasteiger partial charge < -0.3 is 27.1 Å². The van der Waals surface area contributed by atoms with Crippen LogP contribution in [-0.2, 0) is 11.3 Å². The molecule has 1 amide bonds. The van der Waals surface area contributed by atoms with Crippen LogP contribution in [0.2, 0.25) is 0 Å². The fraction of sp³-hybridized carbons (Fsp3) is 0.222. The van der Waals surface area contributed by atoms with Crippen LogP contribution in [-0.4, -0.2) is 39.0 Å². The molecule has 0 aliphatic rings. The lowest BCUT2D eigenvalue weighted by molar-refractivity contribution is -0.122. The number of amides is 1. The Labute approximate surface area is 160 Å². The van der Waals surface area contributed by atoms with Crippen molar-refractivity contribution in [1.82, 2.24) is 25.2 Å². The molecule has 146 valence electrons. The third-order valence-corrected chi connectivity index (χ3v) is 4.17. The summed E-state index contributed by atoms with van der Waals surface area (Å²) in [5, 5.41) is 13.1. The Kier molecular flexibility index (Phi) is 5.41. The van der Waals surface area contributed by atoms with Crippen LogP contribution in [0.1, 0.15) is 11.3 Å². The molecule has 0 saturated heterocycles. The molecule has 10 nitrogen and oxygen atoms in total. The van der Waals surface area contributed by atoms with Crippen LogP contribution in [0.4, 0.5) is 0 Å². The van der Waals surface area contributed by atoms with Gasteiger partial charge >= 0.3 is 5.69 Å². The zero-order valence-electron chi connectivity index (χ0n) is 15.3. The number of nitrogens with two attached hydrogens (primary N) is 2. The van der Waals surface area contributed by atoms with Crippen LogP contribution >= 0.6 is 0 Å². The SMILES string of the molecule is Cc1cc2cn(-c3ccc(CNC(=O)[C@@H](N)CNC(=N)N)cc3)c(=O)nc2[nH]1. The number of carbonyl (C=O) groups excluding carboxylic acids is 1. The van der Waals surface area contributed by atoms with E-state index in [0.717, 1.165) is 16.6 Å². The van der Waals surface area contributed by atoms with E-state index in [0.29, 0.717) is 11.3 Å². The second-order valence-electron chi connectivity index (χ2n) is 6.44. The van der Waals surface area contributed by atoms with Crippen LogP contribution in [0.3, 0.4) is 0 Å². The van der Waals surface area contributed by atoms with Crippen molar-refractivity contribution in [2.24, 2.45) is 11.5 Å². The predicted molar refractivity (Wildman–Crippen MR) is 106 cm³/mol. The molecule has 0 spiro atoms. The summed E-state index contributed by atoms with van der Waals surface area (Å²) >= 11 is 0. The molecule has 1 atom stereocenters. The summed E-state index contributed by atoms with van der Waals surface area (Å²) in [6, 6.07) is 8.30. The molecular formula is C18H22N8O2.